The number of amides is 1. The van der Waals surface area contributed by atoms with Gasteiger partial charge < -0.3 is 19.5 Å². The lowest BCUT2D eigenvalue weighted by atomic mass is 10.1. The van der Waals surface area contributed by atoms with E-state index in [0.717, 1.165) is 0 Å². The number of rotatable bonds is 7. The minimum atomic E-state index is -0.311. The van der Waals surface area contributed by atoms with Crippen LogP contribution in [-0.4, -0.2) is 60.9 Å². The highest BCUT2D eigenvalue weighted by Crippen LogP contribution is 2.23. The van der Waals surface area contributed by atoms with Gasteiger partial charge in [-0.3, -0.25) is 14.4 Å². The monoisotopic (exact) mass is 321 g/mol. The average Bonchev–Trinajstić information content (AvgIpc) is 2.94. The van der Waals surface area contributed by atoms with Gasteiger partial charge in [-0.2, -0.15) is 0 Å². The van der Waals surface area contributed by atoms with Crippen molar-refractivity contribution in [3.05, 3.63) is 23.5 Å². The summed E-state index contributed by atoms with van der Waals surface area (Å²) in [6.45, 7) is 3.08. The minimum Gasteiger partial charge on any atom is -0.466 e. The number of fused-ring (bicyclic) bond motifs is 1. The topological polar surface area (TPSA) is 80.6 Å². The maximum absolute atomic E-state index is 12.2. The van der Waals surface area contributed by atoms with E-state index in [1.807, 2.05) is 19.0 Å². The van der Waals surface area contributed by atoms with Crippen LogP contribution in [0.4, 0.5) is 0 Å². The summed E-state index contributed by atoms with van der Waals surface area (Å²) in [6, 6.07) is 1.38. The van der Waals surface area contributed by atoms with E-state index in [1.54, 1.807) is 23.8 Å². The number of hydrogen-bond donors (Lipinski definition) is 1. The lowest BCUT2D eigenvalue weighted by Gasteiger charge is -2.25. The molecule has 0 saturated heterocycles. The van der Waals surface area contributed by atoms with Crippen LogP contribution in [0.1, 0.15) is 46.7 Å². The average molecular weight is 321 g/mol. The minimum absolute atomic E-state index is 0.0108. The first-order valence-corrected chi connectivity index (χ1v) is 7.76. The van der Waals surface area contributed by atoms with Crippen LogP contribution < -0.4 is 5.32 Å². The molecule has 0 aromatic carbocycles. The number of Topliss-reactive ketones (excluding diaryl/α,β-unsaturated/α-hetero) is 1. The van der Waals surface area contributed by atoms with Crippen molar-refractivity contribution >= 4 is 17.7 Å². The van der Waals surface area contributed by atoms with Gasteiger partial charge in [0, 0.05) is 31.3 Å². The maximum Gasteiger partial charge on any atom is 0.307 e. The van der Waals surface area contributed by atoms with Crippen LogP contribution >= 0.6 is 0 Å². The zero-order valence-corrected chi connectivity index (χ0v) is 13.8. The SMILES string of the molecule is CCOC(=O)CC1CNC(=O)c2cc(C(=O)CCN(C)C)cn21. The van der Waals surface area contributed by atoms with Crippen LogP contribution in [-0.2, 0) is 9.53 Å². The first-order valence-electron chi connectivity index (χ1n) is 7.76. The number of nitrogens with one attached hydrogen (secondary N) is 1. The second kappa shape index (κ2) is 7.41. The Morgan fingerprint density at radius 3 is 2.83 bits per heavy atom. The molecule has 1 unspecified atom stereocenters. The first-order chi connectivity index (χ1) is 10.9. The van der Waals surface area contributed by atoms with Crippen molar-refractivity contribution in [3.63, 3.8) is 0 Å². The fourth-order valence-corrected chi connectivity index (χ4v) is 2.57. The normalized spacial score (nSPS) is 16.9. The molecule has 2 heterocycles. The van der Waals surface area contributed by atoms with E-state index in [0.29, 0.717) is 37.4 Å². The third-order valence-corrected chi connectivity index (χ3v) is 3.79. The highest BCUT2D eigenvalue weighted by Gasteiger charge is 2.28. The summed E-state index contributed by atoms with van der Waals surface area (Å²) in [4.78, 5) is 37.9. The molecule has 1 N–H and O–H groups in total. The Morgan fingerprint density at radius 1 is 1.43 bits per heavy atom. The van der Waals surface area contributed by atoms with Crippen LogP contribution in [0.25, 0.3) is 0 Å². The molecule has 7 nitrogen and oxygen atoms in total. The summed E-state index contributed by atoms with van der Waals surface area (Å²) in [5.74, 6) is -0.547. The maximum atomic E-state index is 12.2. The number of hydrogen-bond acceptors (Lipinski definition) is 5. The van der Waals surface area contributed by atoms with E-state index in [2.05, 4.69) is 5.32 Å². The van der Waals surface area contributed by atoms with E-state index in [-0.39, 0.29) is 30.1 Å². The number of carbonyl (C=O) groups excluding carboxylic acids is 3. The molecule has 126 valence electrons. The summed E-state index contributed by atoms with van der Waals surface area (Å²) in [7, 11) is 3.81. The van der Waals surface area contributed by atoms with Crippen LogP contribution in [0.15, 0.2) is 12.3 Å². The lowest BCUT2D eigenvalue weighted by Crippen LogP contribution is -2.39. The Bertz CT molecular complexity index is 606. The van der Waals surface area contributed by atoms with Crippen LogP contribution in [0.3, 0.4) is 0 Å². The number of nitrogens with zero attached hydrogens (tertiary/aromatic N) is 2. The second-order valence-electron chi connectivity index (χ2n) is 5.87. The fraction of sp³-hybridized carbons (Fsp3) is 0.562. The molecule has 23 heavy (non-hydrogen) atoms. The molecule has 0 fully saturated rings. The standard InChI is InChI=1S/C16H23N3O4/c1-4-23-15(21)8-12-9-17-16(22)13-7-11(10-19(12)13)14(20)5-6-18(2)3/h7,10,12H,4-6,8-9H2,1-3H3,(H,17,22). The van der Waals surface area contributed by atoms with Gasteiger partial charge in [0.2, 0.25) is 0 Å². The number of ether oxygens (including phenoxy) is 1. The van der Waals surface area contributed by atoms with Gasteiger partial charge in [0.05, 0.1) is 19.1 Å². The highest BCUT2D eigenvalue weighted by molar-refractivity contribution is 6.01. The van der Waals surface area contributed by atoms with Crippen LogP contribution in [0, 0.1) is 0 Å². The zero-order valence-electron chi connectivity index (χ0n) is 13.8. The predicted molar refractivity (Wildman–Crippen MR) is 84.6 cm³/mol. The molecule has 1 atom stereocenters. The molecule has 0 saturated carbocycles. The van der Waals surface area contributed by atoms with E-state index < -0.39 is 0 Å². The van der Waals surface area contributed by atoms with Gasteiger partial charge in [0.25, 0.3) is 5.91 Å². The third-order valence-electron chi connectivity index (χ3n) is 3.79. The summed E-state index contributed by atoms with van der Waals surface area (Å²) < 4.78 is 6.69. The van der Waals surface area contributed by atoms with Crippen molar-refractivity contribution < 1.29 is 19.1 Å². The summed E-state index contributed by atoms with van der Waals surface area (Å²) in [5.41, 5.74) is 0.923. The fourth-order valence-electron chi connectivity index (χ4n) is 2.57. The second-order valence-corrected chi connectivity index (χ2v) is 5.87. The van der Waals surface area contributed by atoms with Gasteiger partial charge in [0.15, 0.2) is 5.78 Å². The Labute approximate surface area is 135 Å². The smallest absolute Gasteiger partial charge is 0.307 e. The molecule has 2 rings (SSSR count). The highest BCUT2D eigenvalue weighted by atomic mass is 16.5. The lowest BCUT2D eigenvalue weighted by molar-refractivity contribution is -0.144. The van der Waals surface area contributed by atoms with Crippen molar-refractivity contribution in [2.75, 3.05) is 33.8 Å². The van der Waals surface area contributed by atoms with Crippen molar-refractivity contribution in [1.29, 1.82) is 0 Å². The van der Waals surface area contributed by atoms with E-state index >= 15 is 0 Å². The molecule has 0 radical (unpaired) electrons. The van der Waals surface area contributed by atoms with Gasteiger partial charge in [-0.15, -0.1) is 0 Å². The molecular weight excluding hydrogens is 298 g/mol. The van der Waals surface area contributed by atoms with Crippen molar-refractivity contribution in [2.24, 2.45) is 0 Å². The molecule has 0 aliphatic carbocycles. The summed E-state index contributed by atoms with van der Waals surface area (Å²) in [6.07, 6.45) is 2.23. The molecule has 0 bridgehead atoms. The quantitative estimate of drug-likeness (QED) is 0.595. The van der Waals surface area contributed by atoms with Crippen LogP contribution in [0.5, 0.6) is 0 Å². The number of aromatic nitrogens is 1. The number of carbonyl (C=O) groups is 3. The van der Waals surface area contributed by atoms with Gasteiger partial charge in [0.1, 0.15) is 5.69 Å². The Kier molecular flexibility index (Phi) is 5.54. The molecule has 1 aliphatic rings. The molecule has 1 aromatic rings. The largest absolute Gasteiger partial charge is 0.466 e. The van der Waals surface area contributed by atoms with Gasteiger partial charge in [-0.05, 0) is 27.1 Å². The van der Waals surface area contributed by atoms with Crippen molar-refractivity contribution in [3.8, 4) is 0 Å². The molecule has 1 aromatic heterocycles. The van der Waals surface area contributed by atoms with Gasteiger partial charge in [-0.1, -0.05) is 0 Å². The van der Waals surface area contributed by atoms with Gasteiger partial charge >= 0.3 is 5.97 Å². The first kappa shape index (κ1) is 17.2. The molecular formula is C16H23N3O4. The number of ketones is 1. The van der Waals surface area contributed by atoms with Gasteiger partial charge in [-0.25, -0.2) is 0 Å². The molecule has 0 spiro atoms. The zero-order chi connectivity index (χ0) is 17.0. The van der Waals surface area contributed by atoms with Crippen molar-refractivity contribution in [2.45, 2.75) is 25.8 Å². The Balaban J connectivity index is 2.17. The van der Waals surface area contributed by atoms with E-state index in [9.17, 15) is 14.4 Å². The van der Waals surface area contributed by atoms with E-state index in [4.69, 9.17) is 4.74 Å². The molecule has 1 amide bonds. The summed E-state index contributed by atoms with van der Waals surface area (Å²) >= 11 is 0. The Morgan fingerprint density at radius 2 is 2.17 bits per heavy atom. The molecule has 7 heteroatoms. The molecule has 1 aliphatic heterocycles. The van der Waals surface area contributed by atoms with E-state index in [1.165, 1.54) is 0 Å². The predicted octanol–water partition coefficient (Wildman–Crippen LogP) is 0.860. The third kappa shape index (κ3) is 4.19. The summed E-state index contributed by atoms with van der Waals surface area (Å²) in [5, 5.41) is 2.75. The Hall–Kier alpha value is -2.15. The van der Waals surface area contributed by atoms with Crippen LogP contribution in [0.2, 0.25) is 0 Å². The van der Waals surface area contributed by atoms with Crippen molar-refractivity contribution in [1.82, 2.24) is 14.8 Å². The number of esters is 1.